The lowest BCUT2D eigenvalue weighted by molar-refractivity contribution is 0.494. The molecular formula is C9H11ClN4O2S2. The van der Waals surface area contributed by atoms with Crippen molar-refractivity contribution in [3.8, 4) is 0 Å². The van der Waals surface area contributed by atoms with E-state index in [-0.39, 0.29) is 14.7 Å². The molecule has 1 atom stereocenters. The van der Waals surface area contributed by atoms with Crippen LogP contribution in [0.3, 0.4) is 0 Å². The molecule has 2 aromatic rings. The van der Waals surface area contributed by atoms with E-state index in [1.54, 1.807) is 30.1 Å². The average molecular weight is 307 g/mol. The summed E-state index contributed by atoms with van der Waals surface area (Å²) in [7, 11) is -3.56. The second-order valence-electron chi connectivity index (χ2n) is 3.68. The molecule has 2 heterocycles. The van der Waals surface area contributed by atoms with Crippen LogP contribution < -0.4 is 4.72 Å². The van der Waals surface area contributed by atoms with Crippen molar-refractivity contribution >= 4 is 33.0 Å². The van der Waals surface area contributed by atoms with Crippen molar-refractivity contribution in [1.29, 1.82) is 0 Å². The first kappa shape index (κ1) is 13.5. The zero-order valence-electron chi connectivity index (χ0n) is 9.45. The molecule has 0 spiro atoms. The molecule has 0 saturated carbocycles. The maximum Gasteiger partial charge on any atom is 0.252 e. The number of sulfonamides is 1. The Labute approximate surface area is 114 Å². The summed E-state index contributed by atoms with van der Waals surface area (Å²) in [5, 5.41) is 4.01. The molecule has 1 unspecified atom stereocenters. The molecule has 2 rings (SSSR count). The number of nitrogens with zero attached hydrogens (tertiary/aromatic N) is 3. The fourth-order valence-corrected chi connectivity index (χ4v) is 3.96. The summed E-state index contributed by atoms with van der Waals surface area (Å²) < 4.78 is 28.4. The zero-order chi connectivity index (χ0) is 13.2. The number of nitrogens with one attached hydrogen (secondary N) is 1. The Morgan fingerprint density at radius 3 is 2.94 bits per heavy atom. The van der Waals surface area contributed by atoms with Gasteiger partial charge in [0.2, 0.25) is 0 Å². The van der Waals surface area contributed by atoms with Crippen LogP contribution in [0.1, 0.15) is 6.92 Å². The molecule has 0 aliphatic carbocycles. The highest BCUT2D eigenvalue weighted by molar-refractivity contribution is 7.91. The molecule has 0 bridgehead atoms. The molecule has 98 valence electrons. The predicted octanol–water partition coefficient (Wildman–Crippen LogP) is 1.36. The van der Waals surface area contributed by atoms with Gasteiger partial charge in [-0.25, -0.2) is 18.1 Å². The van der Waals surface area contributed by atoms with Gasteiger partial charge in [-0.1, -0.05) is 22.9 Å². The first-order chi connectivity index (χ1) is 8.47. The van der Waals surface area contributed by atoms with Crippen molar-refractivity contribution in [2.24, 2.45) is 0 Å². The van der Waals surface area contributed by atoms with Gasteiger partial charge in [0.05, 0.1) is 12.7 Å². The Morgan fingerprint density at radius 1 is 1.61 bits per heavy atom. The van der Waals surface area contributed by atoms with E-state index in [0.29, 0.717) is 6.54 Å². The molecule has 0 aliphatic rings. The van der Waals surface area contributed by atoms with Gasteiger partial charge in [-0.05, 0) is 13.0 Å². The molecule has 18 heavy (non-hydrogen) atoms. The van der Waals surface area contributed by atoms with E-state index in [1.165, 1.54) is 6.20 Å². The van der Waals surface area contributed by atoms with Gasteiger partial charge in [0.25, 0.3) is 10.0 Å². The van der Waals surface area contributed by atoms with Crippen LogP contribution in [0, 0.1) is 0 Å². The Morgan fingerprint density at radius 2 is 2.39 bits per heavy atom. The van der Waals surface area contributed by atoms with Crippen LogP contribution in [0.15, 0.2) is 28.9 Å². The molecule has 2 aromatic heterocycles. The van der Waals surface area contributed by atoms with Crippen molar-refractivity contribution < 1.29 is 8.42 Å². The third-order valence-electron chi connectivity index (χ3n) is 2.10. The van der Waals surface area contributed by atoms with Crippen LogP contribution in [0.5, 0.6) is 0 Å². The van der Waals surface area contributed by atoms with Crippen molar-refractivity contribution in [1.82, 2.24) is 19.5 Å². The summed E-state index contributed by atoms with van der Waals surface area (Å²) in [6, 6.07) is 1.50. The highest BCUT2D eigenvalue weighted by atomic mass is 35.5. The molecule has 0 saturated heterocycles. The summed E-state index contributed by atoms with van der Waals surface area (Å²) >= 11 is 6.55. The molecule has 0 aromatic carbocycles. The molecule has 0 fully saturated rings. The zero-order valence-corrected chi connectivity index (χ0v) is 11.8. The number of hydrogen-bond acceptors (Lipinski definition) is 5. The smallest absolute Gasteiger partial charge is 0.252 e. The second kappa shape index (κ2) is 5.35. The van der Waals surface area contributed by atoms with Gasteiger partial charge in [0.15, 0.2) is 8.68 Å². The minimum absolute atomic E-state index is 0.111. The number of thiazole rings is 1. The van der Waals surface area contributed by atoms with Gasteiger partial charge in [-0.3, -0.25) is 4.68 Å². The van der Waals surface area contributed by atoms with E-state index in [1.807, 2.05) is 0 Å². The molecule has 6 nitrogen and oxygen atoms in total. The first-order valence-electron chi connectivity index (χ1n) is 5.08. The molecule has 0 aliphatic heterocycles. The minimum Gasteiger partial charge on any atom is -0.271 e. The van der Waals surface area contributed by atoms with E-state index >= 15 is 0 Å². The Balaban J connectivity index is 2.04. The van der Waals surface area contributed by atoms with Crippen molar-refractivity contribution in [2.75, 3.05) is 0 Å². The normalized spacial score (nSPS) is 13.7. The Kier molecular flexibility index (Phi) is 4.00. The van der Waals surface area contributed by atoms with Crippen molar-refractivity contribution in [3.63, 3.8) is 0 Å². The second-order valence-corrected chi connectivity index (χ2v) is 7.24. The van der Waals surface area contributed by atoms with Crippen LogP contribution in [0.25, 0.3) is 0 Å². The highest BCUT2D eigenvalue weighted by Crippen LogP contribution is 2.22. The molecular weight excluding hydrogens is 296 g/mol. The number of aromatic nitrogens is 3. The van der Waals surface area contributed by atoms with Gasteiger partial charge in [-0.15, -0.1) is 0 Å². The SMILES string of the molecule is CC(Cn1cccn1)NS(=O)(=O)c1cnc(Cl)s1. The summed E-state index contributed by atoms with van der Waals surface area (Å²) in [6.07, 6.45) is 4.66. The van der Waals surface area contributed by atoms with Crippen LogP contribution >= 0.6 is 22.9 Å². The van der Waals surface area contributed by atoms with E-state index < -0.39 is 10.0 Å². The van der Waals surface area contributed by atoms with Gasteiger partial charge in [0.1, 0.15) is 0 Å². The highest BCUT2D eigenvalue weighted by Gasteiger charge is 2.20. The lowest BCUT2D eigenvalue weighted by Gasteiger charge is -2.12. The van der Waals surface area contributed by atoms with Crippen molar-refractivity contribution in [3.05, 3.63) is 29.1 Å². The summed E-state index contributed by atoms with van der Waals surface area (Å²) in [5.41, 5.74) is 0. The third-order valence-corrected chi connectivity index (χ3v) is 5.26. The number of halogens is 1. The Hall–Kier alpha value is -0.960. The molecule has 0 amide bonds. The molecule has 1 N–H and O–H groups in total. The maximum absolute atomic E-state index is 12.0. The average Bonchev–Trinajstić information content (AvgIpc) is 2.88. The van der Waals surface area contributed by atoms with Crippen LogP contribution in [-0.2, 0) is 16.6 Å². The van der Waals surface area contributed by atoms with Crippen LogP contribution in [0.4, 0.5) is 0 Å². The number of rotatable bonds is 5. The number of hydrogen-bond donors (Lipinski definition) is 1. The largest absolute Gasteiger partial charge is 0.271 e. The maximum atomic E-state index is 12.0. The van der Waals surface area contributed by atoms with Gasteiger partial charge in [0, 0.05) is 18.4 Å². The van der Waals surface area contributed by atoms with Crippen LogP contribution in [-0.4, -0.2) is 29.2 Å². The summed E-state index contributed by atoms with van der Waals surface area (Å²) in [4.78, 5) is 3.71. The predicted molar refractivity (Wildman–Crippen MR) is 69.1 cm³/mol. The monoisotopic (exact) mass is 306 g/mol. The van der Waals surface area contributed by atoms with E-state index in [0.717, 1.165) is 11.3 Å². The lowest BCUT2D eigenvalue weighted by Crippen LogP contribution is -2.35. The molecule has 9 heteroatoms. The van der Waals surface area contributed by atoms with E-state index in [9.17, 15) is 8.42 Å². The van der Waals surface area contributed by atoms with Gasteiger partial charge >= 0.3 is 0 Å². The van der Waals surface area contributed by atoms with E-state index in [2.05, 4.69) is 14.8 Å². The quantitative estimate of drug-likeness (QED) is 0.905. The minimum atomic E-state index is -3.56. The van der Waals surface area contributed by atoms with Crippen LogP contribution in [0.2, 0.25) is 4.47 Å². The summed E-state index contributed by atoms with van der Waals surface area (Å²) in [5.74, 6) is 0. The first-order valence-corrected chi connectivity index (χ1v) is 7.76. The fourth-order valence-electron chi connectivity index (χ4n) is 1.41. The van der Waals surface area contributed by atoms with Gasteiger partial charge < -0.3 is 0 Å². The third kappa shape index (κ3) is 3.29. The van der Waals surface area contributed by atoms with Gasteiger partial charge in [-0.2, -0.15) is 5.10 Å². The Bertz CT molecular complexity index is 608. The van der Waals surface area contributed by atoms with E-state index in [4.69, 9.17) is 11.6 Å². The standard InChI is InChI=1S/C9H11ClN4O2S2/c1-7(6-14-4-2-3-12-14)13-18(15,16)8-5-11-9(10)17-8/h2-5,7,13H,6H2,1H3. The fraction of sp³-hybridized carbons (Fsp3) is 0.333. The topological polar surface area (TPSA) is 76.9 Å². The molecule has 0 radical (unpaired) electrons. The van der Waals surface area contributed by atoms with Crippen molar-refractivity contribution in [2.45, 2.75) is 23.7 Å². The summed E-state index contributed by atoms with van der Waals surface area (Å²) in [6.45, 7) is 2.22. The lowest BCUT2D eigenvalue weighted by atomic mass is 10.4.